The van der Waals surface area contributed by atoms with Crippen molar-refractivity contribution >= 4 is 23.4 Å². The van der Waals surface area contributed by atoms with E-state index in [0.29, 0.717) is 11.3 Å². The molecule has 0 saturated carbocycles. The normalized spacial score (nSPS) is 10.3. The number of ether oxygens (including phenoxy) is 1. The van der Waals surface area contributed by atoms with E-state index < -0.39 is 0 Å². The van der Waals surface area contributed by atoms with E-state index in [1.54, 1.807) is 30.1 Å². The Bertz CT molecular complexity index is 629. The zero-order valence-corrected chi connectivity index (χ0v) is 12.2. The Labute approximate surface area is 122 Å². The maximum Gasteiger partial charge on any atom is 0.338 e. The van der Waals surface area contributed by atoms with Crippen LogP contribution >= 0.6 is 11.8 Å². The summed E-state index contributed by atoms with van der Waals surface area (Å²) >= 11 is 1.56. The van der Waals surface area contributed by atoms with Crippen molar-refractivity contribution in [3.63, 3.8) is 0 Å². The summed E-state index contributed by atoms with van der Waals surface area (Å²) in [5.41, 5.74) is 9.06. The third-order valence-electron chi connectivity index (χ3n) is 2.99. The van der Waals surface area contributed by atoms with Gasteiger partial charge < -0.3 is 10.5 Å². The highest BCUT2D eigenvalue weighted by molar-refractivity contribution is 7.98. The molecule has 0 saturated heterocycles. The number of nitrogens with zero attached hydrogens (tertiary/aromatic N) is 1. The number of nitrogens with two attached hydrogens (primary N) is 1. The smallest absolute Gasteiger partial charge is 0.338 e. The van der Waals surface area contributed by atoms with Crippen molar-refractivity contribution in [1.29, 1.82) is 0 Å². The van der Waals surface area contributed by atoms with Crippen LogP contribution in [0.4, 0.5) is 5.69 Å². The van der Waals surface area contributed by atoms with Gasteiger partial charge in [-0.25, -0.2) is 9.78 Å². The number of hydrogen-bond acceptors (Lipinski definition) is 5. The Balaban J connectivity index is 2.19. The number of rotatable bonds is 4. The van der Waals surface area contributed by atoms with Gasteiger partial charge in [0.05, 0.1) is 12.7 Å². The van der Waals surface area contributed by atoms with E-state index in [9.17, 15) is 4.79 Å². The summed E-state index contributed by atoms with van der Waals surface area (Å²) in [4.78, 5) is 16.0. The van der Waals surface area contributed by atoms with Crippen molar-refractivity contribution in [2.45, 2.75) is 17.7 Å². The average molecular weight is 288 g/mol. The fraction of sp³-hybridized carbons (Fsp3) is 0.200. The molecule has 0 bridgehead atoms. The first-order valence-corrected chi connectivity index (χ1v) is 7.12. The first kappa shape index (κ1) is 14.4. The number of carbonyl (C=O) groups is 1. The van der Waals surface area contributed by atoms with Gasteiger partial charge in [-0.1, -0.05) is 18.2 Å². The third kappa shape index (κ3) is 3.11. The number of hydrogen-bond donors (Lipinski definition) is 1. The maximum absolute atomic E-state index is 11.7. The van der Waals surface area contributed by atoms with Crippen molar-refractivity contribution < 1.29 is 9.53 Å². The quantitative estimate of drug-likeness (QED) is 0.692. The lowest BCUT2D eigenvalue weighted by atomic mass is 10.1. The van der Waals surface area contributed by atoms with Gasteiger partial charge in [0.15, 0.2) is 0 Å². The minimum atomic E-state index is -0.321. The standard InChI is InChI=1S/C15H16N2O2S/c1-10-13(16)7-8-17-14(10)20-9-11-5-3-4-6-12(11)15(18)19-2/h3-8H,9H2,1-2H3,(H2,16,17). The molecule has 5 heteroatoms. The number of carbonyl (C=O) groups excluding carboxylic acids is 1. The van der Waals surface area contributed by atoms with Crippen molar-refractivity contribution in [1.82, 2.24) is 4.98 Å². The van der Waals surface area contributed by atoms with Gasteiger partial charge in [-0.15, -0.1) is 11.8 Å². The second-order valence-corrected chi connectivity index (χ2v) is 5.23. The Kier molecular flexibility index (Phi) is 4.63. The Morgan fingerprint density at radius 1 is 1.35 bits per heavy atom. The molecular weight excluding hydrogens is 272 g/mol. The summed E-state index contributed by atoms with van der Waals surface area (Å²) in [6.45, 7) is 1.94. The summed E-state index contributed by atoms with van der Waals surface area (Å²) in [7, 11) is 1.38. The number of thioether (sulfide) groups is 1. The minimum absolute atomic E-state index is 0.321. The molecule has 4 nitrogen and oxygen atoms in total. The summed E-state index contributed by atoms with van der Waals surface area (Å²) < 4.78 is 4.79. The molecule has 1 aromatic heterocycles. The molecule has 20 heavy (non-hydrogen) atoms. The molecule has 0 unspecified atom stereocenters. The van der Waals surface area contributed by atoms with Crippen molar-refractivity contribution in [2.24, 2.45) is 0 Å². The molecule has 0 amide bonds. The van der Waals surface area contributed by atoms with Gasteiger partial charge in [-0.3, -0.25) is 0 Å². The molecule has 0 spiro atoms. The molecule has 2 N–H and O–H groups in total. The van der Waals surface area contributed by atoms with Gasteiger partial charge in [-0.05, 0) is 24.6 Å². The highest BCUT2D eigenvalue weighted by Crippen LogP contribution is 2.27. The number of esters is 1. The lowest BCUT2D eigenvalue weighted by molar-refractivity contribution is 0.0600. The highest BCUT2D eigenvalue weighted by Gasteiger charge is 2.12. The average Bonchev–Trinajstić information content (AvgIpc) is 2.48. The Morgan fingerprint density at radius 2 is 2.10 bits per heavy atom. The molecule has 0 aliphatic carbocycles. The maximum atomic E-state index is 11.7. The van der Waals surface area contributed by atoms with Gasteiger partial charge >= 0.3 is 5.97 Å². The van der Waals surface area contributed by atoms with E-state index in [1.807, 2.05) is 25.1 Å². The van der Waals surface area contributed by atoms with E-state index in [2.05, 4.69) is 4.98 Å². The number of nitrogen functional groups attached to an aromatic ring is 1. The third-order valence-corrected chi connectivity index (χ3v) is 4.13. The fourth-order valence-corrected chi connectivity index (χ4v) is 2.79. The predicted octanol–water partition coefficient (Wildman–Crippen LogP) is 3.05. The minimum Gasteiger partial charge on any atom is -0.465 e. The second kappa shape index (κ2) is 6.43. The van der Waals surface area contributed by atoms with Gasteiger partial charge in [0.25, 0.3) is 0 Å². The molecule has 0 aliphatic heterocycles. The summed E-state index contributed by atoms with van der Waals surface area (Å²) in [5, 5.41) is 0.879. The van der Waals surface area contributed by atoms with E-state index in [1.165, 1.54) is 7.11 Å². The van der Waals surface area contributed by atoms with Crippen LogP contribution in [0.2, 0.25) is 0 Å². The van der Waals surface area contributed by atoms with Crippen molar-refractivity contribution in [2.75, 3.05) is 12.8 Å². The number of benzene rings is 1. The number of anilines is 1. The monoisotopic (exact) mass is 288 g/mol. The summed E-state index contributed by atoms with van der Waals surface area (Å²) in [5.74, 6) is 0.321. The first-order valence-electron chi connectivity index (χ1n) is 6.13. The van der Waals surface area contributed by atoms with E-state index in [-0.39, 0.29) is 5.97 Å². The first-order chi connectivity index (χ1) is 9.63. The van der Waals surface area contributed by atoms with Gasteiger partial charge in [0, 0.05) is 23.2 Å². The molecule has 1 aromatic carbocycles. The number of aromatic nitrogens is 1. The summed E-state index contributed by atoms with van der Waals surface area (Å²) in [6, 6.07) is 9.19. The zero-order valence-electron chi connectivity index (χ0n) is 11.4. The lowest BCUT2D eigenvalue weighted by Gasteiger charge is -2.09. The van der Waals surface area contributed by atoms with Crippen LogP contribution in [0, 0.1) is 6.92 Å². The van der Waals surface area contributed by atoms with Gasteiger partial charge in [0.2, 0.25) is 0 Å². The van der Waals surface area contributed by atoms with Crippen LogP contribution in [0.5, 0.6) is 0 Å². The lowest BCUT2D eigenvalue weighted by Crippen LogP contribution is -2.05. The van der Waals surface area contributed by atoms with Crippen LogP contribution in [-0.4, -0.2) is 18.1 Å². The topological polar surface area (TPSA) is 65.2 Å². The molecule has 1 heterocycles. The number of methoxy groups -OCH3 is 1. The molecular formula is C15H16N2O2S. The van der Waals surface area contributed by atoms with Crippen LogP contribution < -0.4 is 5.73 Å². The number of pyridine rings is 1. The summed E-state index contributed by atoms with van der Waals surface area (Å²) in [6.07, 6.45) is 1.69. The fourth-order valence-electron chi connectivity index (χ4n) is 1.78. The zero-order chi connectivity index (χ0) is 14.5. The van der Waals surface area contributed by atoms with Crippen molar-refractivity contribution in [3.8, 4) is 0 Å². The second-order valence-electron chi connectivity index (χ2n) is 4.27. The molecule has 2 aromatic rings. The van der Waals surface area contributed by atoms with Gasteiger partial charge in [-0.2, -0.15) is 0 Å². The van der Waals surface area contributed by atoms with Crippen molar-refractivity contribution in [3.05, 3.63) is 53.2 Å². The molecule has 2 rings (SSSR count). The Morgan fingerprint density at radius 3 is 2.85 bits per heavy atom. The van der Waals surface area contributed by atoms with Crippen LogP contribution in [0.3, 0.4) is 0 Å². The van der Waals surface area contributed by atoms with E-state index >= 15 is 0 Å². The Hall–Kier alpha value is -2.01. The largest absolute Gasteiger partial charge is 0.465 e. The van der Waals surface area contributed by atoms with E-state index in [4.69, 9.17) is 10.5 Å². The predicted molar refractivity (Wildman–Crippen MR) is 80.7 cm³/mol. The molecule has 0 fully saturated rings. The van der Waals surface area contributed by atoms with Crippen LogP contribution in [-0.2, 0) is 10.5 Å². The molecule has 104 valence electrons. The van der Waals surface area contributed by atoms with Crippen LogP contribution in [0.25, 0.3) is 0 Å². The highest BCUT2D eigenvalue weighted by atomic mass is 32.2. The SMILES string of the molecule is COC(=O)c1ccccc1CSc1nccc(N)c1C. The van der Waals surface area contributed by atoms with Gasteiger partial charge in [0.1, 0.15) is 5.03 Å². The molecule has 0 atom stereocenters. The molecule has 0 aliphatic rings. The van der Waals surface area contributed by atoms with E-state index in [0.717, 1.165) is 21.8 Å². The van der Waals surface area contributed by atoms with Crippen LogP contribution in [0.15, 0.2) is 41.6 Å². The van der Waals surface area contributed by atoms with Crippen LogP contribution in [0.1, 0.15) is 21.5 Å². The molecule has 0 radical (unpaired) electrons.